The van der Waals surface area contributed by atoms with E-state index in [1.165, 1.54) is 44.9 Å². The van der Waals surface area contributed by atoms with Gasteiger partial charge in [-0.1, -0.05) is 51.9 Å². The number of unbranched alkanes of at least 4 members (excludes halogenated alkanes) is 7. The number of carbonyl (C=O) groups excluding carboxylic acids is 1. The average Bonchev–Trinajstić information content (AvgIpc) is 2.46. The molecule has 1 saturated heterocycles. The van der Waals surface area contributed by atoms with Gasteiger partial charge < -0.3 is 10.6 Å². The number of piperidine rings is 1. The van der Waals surface area contributed by atoms with Crippen LogP contribution in [0.4, 0.5) is 0 Å². The molecule has 0 bridgehead atoms. The van der Waals surface area contributed by atoms with Crippen molar-refractivity contribution in [2.24, 2.45) is 5.41 Å². The SMILES string of the molecule is CCCCCCCCCCNC(=O)C1(C)CCCNC1. The Labute approximate surface area is 125 Å². The molecule has 0 spiro atoms. The molecule has 0 aromatic heterocycles. The van der Waals surface area contributed by atoms with Gasteiger partial charge in [0.1, 0.15) is 0 Å². The summed E-state index contributed by atoms with van der Waals surface area (Å²) in [5.74, 6) is 0.243. The van der Waals surface area contributed by atoms with Crippen LogP contribution in [0.2, 0.25) is 0 Å². The van der Waals surface area contributed by atoms with E-state index in [1.807, 2.05) is 0 Å². The van der Waals surface area contributed by atoms with E-state index in [0.29, 0.717) is 0 Å². The molecule has 1 fully saturated rings. The molecule has 0 radical (unpaired) electrons. The van der Waals surface area contributed by atoms with Crippen molar-refractivity contribution in [3.8, 4) is 0 Å². The maximum Gasteiger partial charge on any atom is 0.227 e. The fourth-order valence-corrected chi connectivity index (χ4v) is 2.92. The number of carbonyl (C=O) groups is 1. The van der Waals surface area contributed by atoms with E-state index in [-0.39, 0.29) is 11.3 Å². The van der Waals surface area contributed by atoms with Gasteiger partial charge in [0, 0.05) is 13.1 Å². The lowest BCUT2D eigenvalue weighted by molar-refractivity contribution is -0.131. The number of nitrogens with one attached hydrogen (secondary N) is 2. The fourth-order valence-electron chi connectivity index (χ4n) is 2.92. The Kier molecular flexibility index (Phi) is 8.92. The smallest absolute Gasteiger partial charge is 0.227 e. The third kappa shape index (κ3) is 6.74. The molecule has 118 valence electrons. The first-order valence-corrected chi connectivity index (χ1v) is 8.68. The van der Waals surface area contributed by atoms with Crippen molar-refractivity contribution >= 4 is 5.91 Å². The first-order valence-electron chi connectivity index (χ1n) is 8.68. The molecule has 0 aliphatic carbocycles. The van der Waals surface area contributed by atoms with Gasteiger partial charge in [-0.3, -0.25) is 4.79 Å². The van der Waals surface area contributed by atoms with Gasteiger partial charge in [-0.15, -0.1) is 0 Å². The van der Waals surface area contributed by atoms with Gasteiger partial charge in [-0.25, -0.2) is 0 Å². The van der Waals surface area contributed by atoms with Gasteiger partial charge in [0.25, 0.3) is 0 Å². The van der Waals surface area contributed by atoms with Gasteiger partial charge in [0.2, 0.25) is 5.91 Å². The van der Waals surface area contributed by atoms with Crippen molar-refractivity contribution in [1.29, 1.82) is 0 Å². The first kappa shape index (κ1) is 17.5. The summed E-state index contributed by atoms with van der Waals surface area (Å²) in [5.41, 5.74) is -0.182. The van der Waals surface area contributed by atoms with Crippen molar-refractivity contribution in [2.45, 2.75) is 78.1 Å². The summed E-state index contributed by atoms with van der Waals surface area (Å²) in [7, 11) is 0. The molecular weight excluding hydrogens is 248 g/mol. The van der Waals surface area contributed by atoms with Crippen molar-refractivity contribution in [1.82, 2.24) is 10.6 Å². The van der Waals surface area contributed by atoms with Gasteiger partial charge in [-0.2, -0.15) is 0 Å². The minimum Gasteiger partial charge on any atom is -0.356 e. The molecule has 3 nitrogen and oxygen atoms in total. The van der Waals surface area contributed by atoms with E-state index in [2.05, 4.69) is 24.5 Å². The van der Waals surface area contributed by atoms with Crippen molar-refractivity contribution in [2.75, 3.05) is 19.6 Å². The van der Waals surface area contributed by atoms with E-state index < -0.39 is 0 Å². The zero-order chi connectivity index (χ0) is 14.7. The predicted molar refractivity (Wildman–Crippen MR) is 85.8 cm³/mol. The molecular formula is C17H34N2O. The molecule has 2 N–H and O–H groups in total. The average molecular weight is 282 g/mol. The van der Waals surface area contributed by atoms with Crippen LogP contribution in [0, 0.1) is 5.41 Å². The van der Waals surface area contributed by atoms with Crippen LogP contribution >= 0.6 is 0 Å². The van der Waals surface area contributed by atoms with E-state index >= 15 is 0 Å². The highest BCUT2D eigenvalue weighted by atomic mass is 16.2. The summed E-state index contributed by atoms with van der Waals surface area (Å²) >= 11 is 0. The number of hydrogen-bond donors (Lipinski definition) is 2. The van der Waals surface area contributed by atoms with Crippen LogP contribution in [-0.2, 0) is 4.79 Å². The minimum absolute atomic E-state index is 0.182. The van der Waals surface area contributed by atoms with Crippen LogP contribution in [0.1, 0.15) is 78.1 Å². The van der Waals surface area contributed by atoms with E-state index in [4.69, 9.17) is 0 Å². The Morgan fingerprint density at radius 3 is 2.35 bits per heavy atom. The van der Waals surface area contributed by atoms with Crippen molar-refractivity contribution < 1.29 is 4.79 Å². The maximum absolute atomic E-state index is 12.2. The van der Waals surface area contributed by atoms with Crippen LogP contribution in [0.5, 0.6) is 0 Å². The second kappa shape index (κ2) is 10.2. The number of rotatable bonds is 10. The molecule has 3 heteroatoms. The molecule has 1 unspecified atom stereocenters. The zero-order valence-electron chi connectivity index (χ0n) is 13.6. The Hall–Kier alpha value is -0.570. The molecule has 0 saturated carbocycles. The quantitative estimate of drug-likeness (QED) is 0.601. The summed E-state index contributed by atoms with van der Waals surface area (Å²) in [4.78, 5) is 12.2. The topological polar surface area (TPSA) is 41.1 Å². The Morgan fingerprint density at radius 2 is 1.75 bits per heavy atom. The van der Waals surface area contributed by atoms with Crippen LogP contribution in [0.25, 0.3) is 0 Å². The summed E-state index contributed by atoms with van der Waals surface area (Å²) in [5, 5.41) is 6.46. The molecule has 1 aliphatic rings. The lowest BCUT2D eigenvalue weighted by atomic mass is 9.82. The minimum atomic E-state index is -0.182. The second-order valence-electron chi connectivity index (χ2n) is 6.57. The normalized spacial score (nSPS) is 22.7. The summed E-state index contributed by atoms with van der Waals surface area (Å²) < 4.78 is 0. The monoisotopic (exact) mass is 282 g/mol. The molecule has 1 rings (SSSR count). The summed E-state index contributed by atoms with van der Waals surface area (Å²) in [6.45, 7) is 7.08. The van der Waals surface area contributed by atoms with Gasteiger partial charge in [0.15, 0.2) is 0 Å². The van der Waals surface area contributed by atoms with Gasteiger partial charge >= 0.3 is 0 Å². The van der Waals surface area contributed by atoms with E-state index in [0.717, 1.165) is 38.9 Å². The lowest BCUT2D eigenvalue weighted by Gasteiger charge is -2.32. The molecule has 0 aromatic rings. The predicted octanol–water partition coefficient (Wildman–Crippen LogP) is 3.63. The lowest BCUT2D eigenvalue weighted by Crippen LogP contribution is -2.48. The third-order valence-electron chi connectivity index (χ3n) is 4.46. The molecule has 20 heavy (non-hydrogen) atoms. The Bertz CT molecular complexity index is 260. The molecule has 1 atom stereocenters. The summed E-state index contributed by atoms with van der Waals surface area (Å²) in [6, 6.07) is 0. The van der Waals surface area contributed by atoms with Crippen LogP contribution in [0.3, 0.4) is 0 Å². The van der Waals surface area contributed by atoms with E-state index in [1.54, 1.807) is 0 Å². The summed E-state index contributed by atoms with van der Waals surface area (Å²) in [6.07, 6.45) is 12.6. The first-order chi connectivity index (χ1) is 9.69. The van der Waals surface area contributed by atoms with Crippen LogP contribution in [-0.4, -0.2) is 25.5 Å². The molecule has 1 aliphatic heterocycles. The van der Waals surface area contributed by atoms with Crippen LogP contribution in [0.15, 0.2) is 0 Å². The molecule has 1 heterocycles. The van der Waals surface area contributed by atoms with Crippen molar-refractivity contribution in [3.05, 3.63) is 0 Å². The number of hydrogen-bond acceptors (Lipinski definition) is 2. The maximum atomic E-state index is 12.2. The van der Waals surface area contributed by atoms with Gasteiger partial charge in [-0.05, 0) is 32.7 Å². The Morgan fingerprint density at radius 1 is 1.10 bits per heavy atom. The highest BCUT2D eigenvalue weighted by molar-refractivity contribution is 5.82. The molecule has 1 amide bonds. The highest BCUT2D eigenvalue weighted by Crippen LogP contribution is 2.25. The third-order valence-corrected chi connectivity index (χ3v) is 4.46. The zero-order valence-corrected chi connectivity index (χ0v) is 13.6. The highest BCUT2D eigenvalue weighted by Gasteiger charge is 2.34. The van der Waals surface area contributed by atoms with Gasteiger partial charge in [0.05, 0.1) is 5.41 Å². The second-order valence-corrected chi connectivity index (χ2v) is 6.57. The van der Waals surface area contributed by atoms with Crippen molar-refractivity contribution in [3.63, 3.8) is 0 Å². The van der Waals surface area contributed by atoms with Crippen LogP contribution < -0.4 is 10.6 Å². The standard InChI is InChI=1S/C17H34N2O/c1-3-4-5-6-7-8-9-10-14-19-16(20)17(2)12-11-13-18-15-17/h18H,3-15H2,1-2H3,(H,19,20). The Balaban J connectivity index is 1.96. The van der Waals surface area contributed by atoms with E-state index in [9.17, 15) is 4.79 Å². The fraction of sp³-hybridized carbons (Fsp3) is 0.941. The number of amides is 1. The molecule has 0 aromatic carbocycles. The largest absolute Gasteiger partial charge is 0.356 e.